The molecule has 0 atom stereocenters. The summed E-state index contributed by atoms with van der Waals surface area (Å²) in [6.07, 6.45) is 0. The van der Waals surface area contributed by atoms with Crippen LogP contribution in [0.1, 0.15) is 13.8 Å². The Balaban J connectivity index is 6.23. The van der Waals surface area contributed by atoms with Gasteiger partial charge in [-0.3, -0.25) is 0 Å². The zero-order chi connectivity index (χ0) is 21.2. The van der Waals surface area contributed by atoms with Crippen LogP contribution in [-0.4, -0.2) is 33.8 Å². The molecule has 0 amide bonds. The molecule has 0 aromatic carbocycles. The first-order valence-electron chi connectivity index (χ1n) is 8.92. The summed E-state index contributed by atoms with van der Waals surface area (Å²) in [4.78, 5) is 0. The van der Waals surface area contributed by atoms with E-state index in [-0.39, 0.29) is 0 Å². The van der Waals surface area contributed by atoms with Crippen LogP contribution in [0, 0.1) is 0 Å². The Labute approximate surface area is 170 Å². The molecule has 0 aliphatic heterocycles. The second-order valence-electron chi connectivity index (χ2n) is 6.00. The Morgan fingerprint density at radius 2 is 0.741 bits per heavy atom. The minimum Gasteiger partial charge on any atom is -0.423 e. The van der Waals surface area contributed by atoms with Gasteiger partial charge in [-0.15, -0.1) is 52.6 Å². The first-order valence-corrected chi connectivity index (χ1v) is 17.4. The molecule has 0 saturated carbocycles. The van der Waals surface area contributed by atoms with Gasteiger partial charge >= 0.3 is 17.1 Å². The fourth-order valence-electron chi connectivity index (χ4n) is 2.44. The summed E-state index contributed by atoms with van der Waals surface area (Å²) in [6.45, 7) is 35.7. The molecule has 0 saturated heterocycles. The van der Waals surface area contributed by atoms with E-state index in [0.29, 0.717) is 0 Å². The molecule has 0 radical (unpaired) electrons. The topological polar surface area (TPSA) is 27.7 Å². The van der Waals surface area contributed by atoms with Crippen molar-refractivity contribution in [1.29, 1.82) is 0 Å². The Kier molecular flexibility index (Phi) is 10.3. The van der Waals surface area contributed by atoms with E-state index in [4.69, 9.17) is 12.3 Å². The molecule has 7 heteroatoms. The van der Waals surface area contributed by atoms with Crippen LogP contribution in [0.25, 0.3) is 0 Å². The molecule has 148 valence electrons. The molecule has 27 heavy (non-hydrogen) atoms. The number of rotatable bonds is 16. The molecule has 3 nitrogen and oxygen atoms in total. The van der Waals surface area contributed by atoms with E-state index < -0.39 is 33.8 Å². The van der Waals surface area contributed by atoms with Gasteiger partial charge in [0.2, 0.25) is 16.6 Å². The van der Waals surface area contributed by atoms with E-state index in [1.165, 1.54) is 0 Å². The van der Waals surface area contributed by atoms with Crippen molar-refractivity contribution in [2.45, 2.75) is 25.9 Å². The predicted octanol–water partition coefficient (Wildman–Crippen LogP) is 5.65. The molecule has 0 aliphatic rings. The Morgan fingerprint density at radius 1 is 0.481 bits per heavy atom. The lowest BCUT2D eigenvalue weighted by Crippen LogP contribution is -2.59. The lowest BCUT2D eigenvalue weighted by molar-refractivity contribution is 0.353. The van der Waals surface area contributed by atoms with Gasteiger partial charge in [0.1, 0.15) is 0 Å². The van der Waals surface area contributed by atoms with Crippen LogP contribution in [0.15, 0.2) is 98.2 Å². The number of hydrogen-bond donors (Lipinski definition) is 0. The van der Waals surface area contributed by atoms with Crippen LogP contribution >= 0.6 is 0 Å². The first-order chi connectivity index (χ1) is 12.7. The van der Waals surface area contributed by atoms with E-state index in [1.54, 1.807) is 22.8 Å². The van der Waals surface area contributed by atoms with Crippen molar-refractivity contribution in [3.63, 3.8) is 0 Å². The van der Waals surface area contributed by atoms with Gasteiger partial charge in [-0.1, -0.05) is 36.6 Å². The van der Waals surface area contributed by atoms with Crippen LogP contribution < -0.4 is 0 Å². The lowest BCUT2D eigenvalue weighted by atomic mass is 11.0. The van der Waals surface area contributed by atoms with Gasteiger partial charge in [-0.25, -0.2) is 0 Å². The van der Waals surface area contributed by atoms with Gasteiger partial charge in [-0.05, 0) is 34.9 Å². The third-order valence-corrected chi connectivity index (χ3v) is 20.0. The van der Waals surface area contributed by atoms with Crippen molar-refractivity contribution < 1.29 is 12.3 Å². The summed E-state index contributed by atoms with van der Waals surface area (Å²) < 4.78 is 19.7. The quantitative estimate of drug-likeness (QED) is 0.294. The minimum atomic E-state index is -3.06. The molecule has 0 bridgehead atoms. The molecular weight excluding hydrogens is 401 g/mol. The smallest absolute Gasteiger partial charge is 0.372 e. The fraction of sp³-hybridized carbons (Fsp3) is 0.200. The van der Waals surface area contributed by atoms with Crippen LogP contribution in [0.5, 0.6) is 0 Å². The van der Waals surface area contributed by atoms with Crippen molar-refractivity contribution in [3.05, 3.63) is 98.2 Å². The Bertz CT molecular complexity index is 528. The molecule has 0 unspecified atom stereocenters. The van der Waals surface area contributed by atoms with Crippen LogP contribution in [-0.2, 0) is 12.3 Å². The fourth-order valence-corrected chi connectivity index (χ4v) is 17.2. The van der Waals surface area contributed by atoms with Crippen molar-refractivity contribution in [1.82, 2.24) is 0 Å². The second-order valence-corrected chi connectivity index (χ2v) is 19.8. The van der Waals surface area contributed by atoms with E-state index in [2.05, 4.69) is 52.6 Å². The minimum absolute atomic E-state index is 0.782. The molecular formula is C20H34O3Si4. The average Bonchev–Trinajstić information content (AvgIpc) is 2.74. The highest BCUT2D eigenvalue weighted by molar-refractivity contribution is 7.00. The van der Waals surface area contributed by atoms with Crippen LogP contribution in [0.4, 0.5) is 0 Å². The van der Waals surface area contributed by atoms with Gasteiger partial charge in [-0.2, -0.15) is 0 Å². The van der Waals surface area contributed by atoms with Crippen molar-refractivity contribution >= 4 is 33.8 Å². The SMILES string of the molecule is C=C[Si](C=C)(CC)O[Si](C=C)(C=C)O[Si](C=C)(C=C)O[Si](C=C)(C=C)CC. The highest BCUT2D eigenvalue weighted by Gasteiger charge is 2.49. The molecule has 0 heterocycles. The molecule has 0 rings (SSSR count). The van der Waals surface area contributed by atoms with Gasteiger partial charge in [0.25, 0.3) is 0 Å². The molecule has 0 aliphatic carbocycles. The standard InChI is InChI=1S/C20H34O3Si4/c1-11-24(12-2,13-3)21-26(17-7,18-8)23-27(19-9,20-10)22-25(14-4,15-5)16-6/h11-12,14-15,17-20H,1-2,4-5,7-10,13,16H2,3,6H3. The highest BCUT2D eigenvalue weighted by atomic mass is 28.5. The maximum atomic E-state index is 6.58. The predicted molar refractivity (Wildman–Crippen MR) is 129 cm³/mol. The molecule has 0 aromatic heterocycles. The zero-order valence-corrected chi connectivity index (χ0v) is 20.9. The molecule has 0 N–H and O–H groups in total. The summed E-state index contributed by atoms with van der Waals surface area (Å²) >= 11 is 0. The van der Waals surface area contributed by atoms with Crippen LogP contribution in [0.3, 0.4) is 0 Å². The third-order valence-electron chi connectivity index (χ3n) is 4.64. The monoisotopic (exact) mass is 434 g/mol. The molecule has 0 spiro atoms. The normalized spacial score (nSPS) is 12.5. The van der Waals surface area contributed by atoms with Gasteiger partial charge < -0.3 is 12.3 Å². The summed E-state index contributed by atoms with van der Waals surface area (Å²) in [6, 6.07) is 1.56. The van der Waals surface area contributed by atoms with Crippen molar-refractivity contribution in [2.75, 3.05) is 0 Å². The van der Waals surface area contributed by atoms with E-state index in [1.807, 2.05) is 36.6 Å². The van der Waals surface area contributed by atoms with E-state index >= 15 is 0 Å². The van der Waals surface area contributed by atoms with Crippen molar-refractivity contribution in [3.8, 4) is 0 Å². The maximum absolute atomic E-state index is 6.58. The Morgan fingerprint density at radius 3 is 0.889 bits per heavy atom. The lowest BCUT2D eigenvalue weighted by Gasteiger charge is -2.41. The van der Waals surface area contributed by atoms with E-state index in [0.717, 1.165) is 12.1 Å². The third kappa shape index (κ3) is 5.82. The van der Waals surface area contributed by atoms with Crippen LogP contribution in [0.2, 0.25) is 12.1 Å². The first kappa shape index (κ1) is 25.7. The Hall–Kier alpha value is -1.33. The van der Waals surface area contributed by atoms with Crippen molar-refractivity contribution in [2.24, 2.45) is 0 Å². The molecule has 0 fully saturated rings. The van der Waals surface area contributed by atoms with Gasteiger partial charge in [0, 0.05) is 0 Å². The number of hydrogen-bond acceptors (Lipinski definition) is 3. The van der Waals surface area contributed by atoms with Gasteiger partial charge in [0.15, 0.2) is 0 Å². The summed E-state index contributed by atoms with van der Waals surface area (Å²) in [5.74, 6) is 0. The largest absolute Gasteiger partial charge is 0.423 e. The van der Waals surface area contributed by atoms with E-state index in [9.17, 15) is 0 Å². The summed E-state index contributed by atoms with van der Waals surface area (Å²) in [7, 11) is -10.9. The van der Waals surface area contributed by atoms with Gasteiger partial charge in [0.05, 0.1) is 0 Å². The highest BCUT2D eigenvalue weighted by Crippen LogP contribution is 2.30. The average molecular weight is 435 g/mol. The zero-order valence-electron chi connectivity index (χ0n) is 16.9. The second kappa shape index (κ2) is 10.9. The summed E-state index contributed by atoms with van der Waals surface area (Å²) in [5.41, 5.74) is 14.2. The molecule has 0 aromatic rings. The maximum Gasteiger partial charge on any atom is 0.372 e. The summed E-state index contributed by atoms with van der Waals surface area (Å²) in [5, 5.41) is 0.